The fraction of sp³-hybridized carbons (Fsp3) is 0.381. The van der Waals surface area contributed by atoms with Crippen LogP contribution in [0.15, 0.2) is 60.7 Å². The first kappa shape index (κ1) is 18.2. The molecular formula is C21H28N2O. The molecule has 3 heteroatoms. The number of nitrogens with two attached hydrogens (primary N) is 1. The minimum atomic E-state index is -0.420. The SMILES string of the molecule is CC(C)C[C@H](N)C(=O)NCCC(c1ccccc1)c1ccccc1. The average Bonchev–Trinajstić information content (AvgIpc) is 2.59. The summed E-state index contributed by atoms with van der Waals surface area (Å²) in [6.45, 7) is 4.78. The minimum Gasteiger partial charge on any atom is -0.355 e. The smallest absolute Gasteiger partial charge is 0.236 e. The monoisotopic (exact) mass is 324 g/mol. The van der Waals surface area contributed by atoms with Crippen LogP contribution in [0.1, 0.15) is 43.7 Å². The van der Waals surface area contributed by atoms with E-state index in [9.17, 15) is 4.79 Å². The van der Waals surface area contributed by atoms with Gasteiger partial charge in [0.15, 0.2) is 0 Å². The Kier molecular flexibility index (Phi) is 7.01. The second-order valence-electron chi connectivity index (χ2n) is 6.69. The van der Waals surface area contributed by atoms with Gasteiger partial charge >= 0.3 is 0 Å². The summed E-state index contributed by atoms with van der Waals surface area (Å²) in [5.41, 5.74) is 8.48. The lowest BCUT2D eigenvalue weighted by molar-refractivity contribution is -0.122. The standard InChI is InChI=1S/C21H28N2O/c1-16(2)15-20(22)21(24)23-14-13-19(17-9-5-3-6-10-17)18-11-7-4-8-12-18/h3-12,16,19-20H,13-15,22H2,1-2H3,(H,23,24)/t20-/m0/s1. The number of hydrogen-bond acceptors (Lipinski definition) is 2. The molecule has 2 aromatic carbocycles. The van der Waals surface area contributed by atoms with E-state index in [1.165, 1.54) is 11.1 Å². The van der Waals surface area contributed by atoms with E-state index in [2.05, 4.69) is 67.7 Å². The van der Waals surface area contributed by atoms with Crippen LogP contribution in [-0.4, -0.2) is 18.5 Å². The third-order valence-corrected chi connectivity index (χ3v) is 4.20. The molecule has 0 aliphatic rings. The van der Waals surface area contributed by atoms with Crippen LogP contribution in [0.4, 0.5) is 0 Å². The highest BCUT2D eigenvalue weighted by atomic mass is 16.2. The van der Waals surface area contributed by atoms with Gasteiger partial charge in [-0.15, -0.1) is 0 Å². The molecule has 3 nitrogen and oxygen atoms in total. The summed E-state index contributed by atoms with van der Waals surface area (Å²) in [4.78, 5) is 12.1. The van der Waals surface area contributed by atoms with Gasteiger partial charge in [0.1, 0.15) is 0 Å². The zero-order chi connectivity index (χ0) is 17.4. The van der Waals surface area contributed by atoms with Gasteiger partial charge in [-0.2, -0.15) is 0 Å². The molecule has 128 valence electrons. The van der Waals surface area contributed by atoms with Crippen molar-refractivity contribution in [1.29, 1.82) is 0 Å². The van der Waals surface area contributed by atoms with E-state index < -0.39 is 6.04 Å². The Morgan fingerprint density at radius 3 is 1.92 bits per heavy atom. The molecule has 0 radical (unpaired) electrons. The van der Waals surface area contributed by atoms with Crippen molar-refractivity contribution >= 4 is 5.91 Å². The van der Waals surface area contributed by atoms with E-state index in [0.29, 0.717) is 18.9 Å². The van der Waals surface area contributed by atoms with E-state index >= 15 is 0 Å². The Balaban J connectivity index is 1.99. The molecule has 0 aromatic heterocycles. The molecule has 2 aromatic rings. The molecule has 0 unspecified atom stereocenters. The normalized spacial score (nSPS) is 12.4. The maximum atomic E-state index is 12.1. The summed E-state index contributed by atoms with van der Waals surface area (Å²) in [5.74, 6) is 0.643. The van der Waals surface area contributed by atoms with Crippen LogP contribution in [0.5, 0.6) is 0 Å². The summed E-state index contributed by atoms with van der Waals surface area (Å²) < 4.78 is 0. The van der Waals surface area contributed by atoms with Crippen molar-refractivity contribution in [2.24, 2.45) is 11.7 Å². The zero-order valence-corrected chi connectivity index (χ0v) is 14.6. The van der Waals surface area contributed by atoms with Crippen LogP contribution in [-0.2, 0) is 4.79 Å². The molecule has 0 saturated carbocycles. The molecule has 0 aliphatic carbocycles. The molecule has 0 aliphatic heterocycles. The first-order valence-electron chi connectivity index (χ1n) is 8.71. The molecular weight excluding hydrogens is 296 g/mol. The minimum absolute atomic E-state index is 0.0522. The summed E-state index contributed by atoms with van der Waals surface area (Å²) >= 11 is 0. The molecule has 0 fully saturated rings. The van der Waals surface area contributed by atoms with E-state index in [1.54, 1.807) is 0 Å². The third kappa shape index (κ3) is 5.50. The largest absolute Gasteiger partial charge is 0.355 e. The first-order valence-corrected chi connectivity index (χ1v) is 8.71. The van der Waals surface area contributed by atoms with Crippen LogP contribution in [0.3, 0.4) is 0 Å². The summed E-state index contributed by atoms with van der Waals surface area (Å²) in [5, 5.41) is 2.99. The molecule has 1 atom stereocenters. The number of benzene rings is 2. The van der Waals surface area contributed by atoms with Crippen molar-refractivity contribution in [3.63, 3.8) is 0 Å². The first-order chi connectivity index (χ1) is 11.6. The van der Waals surface area contributed by atoms with Crippen molar-refractivity contribution in [2.75, 3.05) is 6.54 Å². The summed E-state index contributed by atoms with van der Waals surface area (Å²) in [7, 11) is 0. The molecule has 0 spiro atoms. The topological polar surface area (TPSA) is 55.1 Å². The molecule has 2 rings (SSSR count). The lowest BCUT2D eigenvalue weighted by atomic mass is 9.88. The van der Waals surface area contributed by atoms with Crippen LogP contribution in [0, 0.1) is 5.92 Å². The fourth-order valence-electron chi connectivity index (χ4n) is 2.98. The Morgan fingerprint density at radius 2 is 1.46 bits per heavy atom. The van der Waals surface area contributed by atoms with E-state index in [-0.39, 0.29) is 11.8 Å². The second-order valence-corrected chi connectivity index (χ2v) is 6.69. The quantitative estimate of drug-likeness (QED) is 0.778. The maximum Gasteiger partial charge on any atom is 0.236 e. The van der Waals surface area contributed by atoms with Crippen molar-refractivity contribution < 1.29 is 4.79 Å². The Hall–Kier alpha value is -2.13. The molecule has 1 amide bonds. The second kappa shape index (κ2) is 9.24. The van der Waals surface area contributed by atoms with Gasteiger partial charge in [-0.05, 0) is 29.9 Å². The summed E-state index contributed by atoms with van der Waals surface area (Å²) in [6.07, 6.45) is 1.57. The van der Waals surface area contributed by atoms with Gasteiger partial charge in [-0.25, -0.2) is 0 Å². The van der Waals surface area contributed by atoms with Gasteiger partial charge in [0, 0.05) is 12.5 Å². The number of amides is 1. The highest BCUT2D eigenvalue weighted by molar-refractivity contribution is 5.81. The van der Waals surface area contributed by atoms with Gasteiger partial charge in [-0.3, -0.25) is 4.79 Å². The third-order valence-electron chi connectivity index (χ3n) is 4.20. The van der Waals surface area contributed by atoms with Gasteiger partial charge in [0.05, 0.1) is 6.04 Å². The van der Waals surface area contributed by atoms with E-state index in [0.717, 1.165) is 6.42 Å². The number of nitrogens with one attached hydrogen (secondary N) is 1. The molecule has 0 bridgehead atoms. The van der Waals surface area contributed by atoms with Gasteiger partial charge in [-0.1, -0.05) is 74.5 Å². The molecule has 0 heterocycles. The molecule has 3 N–H and O–H groups in total. The Bertz CT molecular complexity index is 571. The lowest BCUT2D eigenvalue weighted by Crippen LogP contribution is -2.41. The van der Waals surface area contributed by atoms with Crippen molar-refractivity contribution in [2.45, 2.75) is 38.6 Å². The predicted octanol–water partition coefficient (Wildman–Crippen LogP) is 3.70. The fourth-order valence-corrected chi connectivity index (χ4v) is 2.98. The predicted molar refractivity (Wildman–Crippen MR) is 99.8 cm³/mol. The number of rotatable bonds is 8. The molecule has 0 saturated heterocycles. The van der Waals surface area contributed by atoms with Crippen molar-refractivity contribution in [3.05, 3.63) is 71.8 Å². The van der Waals surface area contributed by atoms with Crippen LogP contribution in [0.25, 0.3) is 0 Å². The maximum absolute atomic E-state index is 12.1. The van der Waals surface area contributed by atoms with E-state index in [1.807, 2.05) is 12.1 Å². The highest BCUT2D eigenvalue weighted by Crippen LogP contribution is 2.27. The Labute approximate surface area is 145 Å². The van der Waals surface area contributed by atoms with Crippen LogP contribution < -0.4 is 11.1 Å². The zero-order valence-electron chi connectivity index (χ0n) is 14.6. The summed E-state index contributed by atoms with van der Waals surface area (Å²) in [6, 6.07) is 20.4. The Morgan fingerprint density at radius 1 is 0.958 bits per heavy atom. The number of carbonyl (C=O) groups is 1. The van der Waals surface area contributed by atoms with Crippen LogP contribution in [0.2, 0.25) is 0 Å². The lowest BCUT2D eigenvalue weighted by Gasteiger charge is -2.19. The van der Waals surface area contributed by atoms with Gasteiger partial charge in [0.25, 0.3) is 0 Å². The average molecular weight is 324 g/mol. The molecule has 24 heavy (non-hydrogen) atoms. The highest BCUT2D eigenvalue weighted by Gasteiger charge is 2.17. The number of hydrogen-bond donors (Lipinski definition) is 2. The van der Waals surface area contributed by atoms with E-state index in [4.69, 9.17) is 5.73 Å². The van der Waals surface area contributed by atoms with Crippen molar-refractivity contribution in [3.8, 4) is 0 Å². The van der Waals surface area contributed by atoms with Gasteiger partial charge < -0.3 is 11.1 Å². The van der Waals surface area contributed by atoms with Gasteiger partial charge in [0.2, 0.25) is 5.91 Å². The van der Waals surface area contributed by atoms with Crippen LogP contribution >= 0.6 is 0 Å². The van der Waals surface area contributed by atoms with Crippen molar-refractivity contribution in [1.82, 2.24) is 5.32 Å². The number of carbonyl (C=O) groups excluding carboxylic acids is 1.